The molecule has 2 rings (SSSR count). The van der Waals surface area contributed by atoms with Crippen molar-refractivity contribution in [2.45, 2.75) is 58.4 Å². The zero-order valence-corrected chi connectivity index (χ0v) is 12.2. The molecule has 18 heavy (non-hydrogen) atoms. The lowest BCUT2D eigenvalue weighted by atomic mass is 9.81. The van der Waals surface area contributed by atoms with Crippen molar-refractivity contribution < 1.29 is 0 Å². The fraction of sp³-hybridized carbons (Fsp3) is 0.647. The highest BCUT2D eigenvalue weighted by Gasteiger charge is 2.32. The quantitative estimate of drug-likeness (QED) is 0.816. The Bertz CT molecular complexity index is 387. The summed E-state index contributed by atoms with van der Waals surface area (Å²) in [6.45, 7) is 9.14. The van der Waals surface area contributed by atoms with Gasteiger partial charge in [-0.2, -0.15) is 0 Å². The maximum absolute atomic E-state index is 6.37. The van der Waals surface area contributed by atoms with Gasteiger partial charge in [-0.1, -0.05) is 52.0 Å². The van der Waals surface area contributed by atoms with Crippen molar-refractivity contribution in [3.05, 3.63) is 35.4 Å². The molecule has 0 aliphatic heterocycles. The van der Waals surface area contributed by atoms with E-state index in [9.17, 15) is 0 Å². The summed E-state index contributed by atoms with van der Waals surface area (Å²) in [4.78, 5) is 0. The summed E-state index contributed by atoms with van der Waals surface area (Å²) in [6.07, 6.45) is 3.91. The molecule has 1 aliphatic rings. The van der Waals surface area contributed by atoms with Crippen molar-refractivity contribution >= 4 is 0 Å². The van der Waals surface area contributed by atoms with Crippen molar-refractivity contribution in [1.82, 2.24) is 0 Å². The van der Waals surface area contributed by atoms with Crippen molar-refractivity contribution in [1.29, 1.82) is 0 Å². The fourth-order valence-electron chi connectivity index (χ4n) is 2.58. The van der Waals surface area contributed by atoms with E-state index in [1.54, 1.807) is 0 Å². The van der Waals surface area contributed by atoms with Crippen LogP contribution in [0.5, 0.6) is 0 Å². The van der Waals surface area contributed by atoms with Crippen molar-refractivity contribution in [2.24, 2.45) is 17.6 Å². The first kappa shape index (κ1) is 13.6. The molecular weight excluding hydrogens is 218 g/mol. The van der Waals surface area contributed by atoms with Gasteiger partial charge in [-0.05, 0) is 47.6 Å². The van der Waals surface area contributed by atoms with Gasteiger partial charge in [0.25, 0.3) is 0 Å². The lowest BCUT2D eigenvalue weighted by Crippen LogP contribution is -2.21. The third-order valence-electron chi connectivity index (χ3n) is 4.89. The molecule has 1 aliphatic carbocycles. The summed E-state index contributed by atoms with van der Waals surface area (Å²) in [5.74, 6) is 1.49. The Labute approximate surface area is 112 Å². The van der Waals surface area contributed by atoms with Gasteiger partial charge in [-0.3, -0.25) is 0 Å². The summed E-state index contributed by atoms with van der Waals surface area (Å²) in [5.41, 5.74) is 9.35. The molecule has 2 atom stereocenters. The van der Waals surface area contributed by atoms with E-state index < -0.39 is 0 Å². The molecule has 0 radical (unpaired) electrons. The Morgan fingerprint density at radius 1 is 1.22 bits per heavy atom. The predicted molar refractivity (Wildman–Crippen MR) is 78.6 cm³/mol. The van der Waals surface area contributed by atoms with Crippen LogP contribution in [0.2, 0.25) is 0 Å². The van der Waals surface area contributed by atoms with Crippen molar-refractivity contribution in [3.63, 3.8) is 0 Å². The van der Waals surface area contributed by atoms with E-state index in [1.807, 2.05) is 0 Å². The summed E-state index contributed by atoms with van der Waals surface area (Å²) < 4.78 is 0. The second kappa shape index (κ2) is 5.05. The van der Waals surface area contributed by atoms with E-state index in [0.717, 1.165) is 12.3 Å². The van der Waals surface area contributed by atoms with Gasteiger partial charge in [0.05, 0.1) is 0 Å². The number of benzene rings is 1. The van der Waals surface area contributed by atoms with E-state index >= 15 is 0 Å². The first-order chi connectivity index (χ1) is 8.45. The Hall–Kier alpha value is -0.820. The van der Waals surface area contributed by atoms with Crippen molar-refractivity contribution in [3.8, 4) is 0 Å². The highest BCUT2D eigenvalue weighted by molar-refractivity contribution is 5.30. The molecule has 0 amide bonds. The van der Waals surface area contributed by atoms with E-state index in [0.29, 0.717) is 5.92 Å². The highest BCUT2D eigenvalue weighted by Crippen LogP contribution is 2.41. The van der Waals surface area contributed by atoms with Crippen LogP contribution in [0.3, 0.4) is 0 Å². The normalized spacial score (nSPS) is 19.6. The third-order valence-corrected chi connectivity index (χ3v) is 4.89. The van der Waals surface area contributed by atoms with Crippen LogP contribution in [0.4, 0.5) is 0 Å². The van der Waals surface area contributed by atoms with Crippen LogP contribution in [0.1, 0.15) is 64.1 Å². The number of rotatable bonds is 5. The van der Waals surface area contributed by atoms with E-state index in [1.165, 1.54) is 24.0 Å². The maximum atomic E-state index is 6.37. The molecule has 1 saturated carbocycles. The van der Waals surface area contributed by atoms with Gasteiger partial charge in [0.1, 0.15) is 0 Å². The number of hydrogen-bond acceptors (Lipinski definition) is 1. The van der Waals surface area contributed by atoms with Gasteiger partial charge in [-0.15, -0.1) is 0 Å². The van der Waals surface area contributed by atoms with Gasteiger partial charge >= 0.3 is 0 Å². The lowest BCUT2D eigenvalue weighted by Gasteiger charge is -2.25. The minimum Gasteiger partial charge on any atom is -0.324 e. The Kier molecular flexibility index (Phi) is 3.82. The molecule has 0 bridgehead atoms. The van der Waals surface area contributed by atoms with Gasteiger partial charge in [-0.25, -0.2) is 0 Å². The topological polar surface area (TPSA) is 26.0 Å². The SMILES string of the molecule is CCC(C)(C)c1ccc(C(N)C(C)C2CC2)cc1. The van der Waals surface area contributed by atoms with Crippen LogP contribution in [0.25, 0.3) is 0 Å². The second-order valence-corrected chi connectivity index (χ2v) is 6.58. The lowest BCUT2D eigenvalue weighted by molar-refractivity contribution is 0.417. The molecule has 1 heteroatoms. The molecule has 2 N–H and O–H groups in total. The molecule has 1 aromatic rings. The molecule has 0 spiro atoms. The molecule has 2 unspecified atom stereocenters. The van der Waals surface area contributed by atoms with Gasteiger partial charge in [0.15, 0.2) is 0 Å². The molecule has 1 aromatic carbocycles. The average molecular weight is 245 g/mol. The molecular formula is C17H27N. The first-order valence-corrected chi connectivity index (χ1v) is 7.31. The monoisotopic (exact) mass is 245 g/mol. The third kappa shape index (κ3) is 2.77. The molecule has 1 fully saturated rings. The van der Waals surface area contributed by atoms with E-state index in [2.05, 4.69) is 52.0 Å². The number of hydrogen-bond donors (Lipinski definition) is 1. The van der Waals surface area contributed by atoms with E-state index in [-0.39, 0.29) is 11.5 Å². The standard InChI is InChI=1S/C17H27N/c1-5-17(3,4)15-10-8-14(9-11-15)16(18)12(2)13-6-7-13/h8-13,16H,5-7,18H2,1-4H3. The van der Waals surface area contributed by atoms with Crippen LogP contribution >= 0.6 is 0 Å². The summed E-state index contributed by atoms with van der Waals surface area (Å²) in [5, 5.41) is 0. The Morgan fingerprint density at radius 3 is 2.22 bits per heavy atom. The zero-order valence-electron chi connectivity index (χ0n) is 12.2. The first-order valence-electron chi connectivity index (χ1n) is 7.31. The average Bonchev–Trinajstić information content (AvgIpc) is 3.21. The van der Waals surface area contributed by atoms with Gasteiger partial charge in [0, 0.05) is 6.04 Å². The minimum absolute atomic E-state index is 0.205. The summed E-state index contributed by atoms with van der Waals surface area (Å²) >= 11 is 0. The summed E-state index contributed by atoms with van der Waals surface area (Å²) in [6, 6.07) is 9.19. The fourth-order valence-corrected chi connectivity index (χ4v) is 2.58. The molecule has 0 heterocycles. The molecule has 0 aromatic heterocycles. The van der Waals surface area contributed by atoms with Gasteiger partial charge in [0.2, 0.25) is 0 Å². The molecule has 100 valence electrons. The smallest absolute Gasteiger partial charge is 0.0323 e. The van der Waals surface area contributed by atoms with Crippen molar-refractivity contribution in [2.75, 3.05) is 0 Å². The highest BCUT2D eigenvalue weighted by atomic mass is 14.7. The van der Waals surface area contributed by atoms with Crippen LogP contribution in [-0.2, 0) is 5.41 Å². The minimum atomic E-state index is 0.205. The maximum Gasteiger partial charge on any atom is 0.0323 e. The van der Waals surface area contributed by atoms with Gasteiger partial charge < -0.3 is 5.73 Å². The largest absolute Gasteiger partial charge is 0.324 e. The van der Waals surface area contributed by atoms with E-state index in [4.69, 9.17) is 5.73 Å². The molecule has 0 saturated heterocycles. The number of nitrogens with two attached hydrogens (primary N) is 1. The predicted octanol–water partition coefficient (Wildman–Crippen LogP) is 4.42. The van der Waals surface area contributed by atoms with Crippen LogP contribution < -0.4 is 5.73 Å². The van der Waals surface area contributed by atoms with Crippen LogP contribution in [0.15, 0.2) is 24.3 Å². The van der Waals surface area contributed by atoms with Crippen LogP contribution in [-0.4, -0.2) is 0 Å². The summed E-state index contributed by atoms with van der Waals surface area (Å²) in [7, 11) is 0. The Morgan fingerprint density at radius 2 is 1.78 bits per heavy atom. The van der Waals surface area contributed by atoms with Crippen LogP contribution in [0, 0.1) is 11.8 Å². The molecule has 1 nitrogen and oxygen atoms in total. The zero-order chi connectivity index (χ0) is 13.3. The second-order valence-electron chi connectivity index (χ2n) is 6.58. The Balaban J connectivity index is 2.11.